The van der Waals surface area contributed by atoms with E-state index in [1.807, 2.05) is 60.7 Å². The lowest BCUT2D eigenvalue weighted by molar-refractivity contribution is -0.0617. The van der Waals surface area contributed by atoms with E-state index in [2.05, 4.69) is 95.0 Å². The first-order valence-electron chi connectivity index (χ1n) is 31.5. The van der Waals surface area contributed by atoms with E-state index in [4.69, 9.17) is 34.7 Å². The quantitative estimate of drug-likeness (QED) is 0.0310. The second-order valence-corrected chi connectivity index (χ2v) is 25.1. The van der Waals surface area contributed by atoms with Gasteiger partial charge in [-0.3, -0.25) is 0 Å². The minimum Gasteiger partial charge on any atom is -0.494 e. The first-order chi connectivity index (χ1) is 39.4. The monoisotopic (exact) mass is 1240 g/mol. The highest BCUT2D eigenvalue weighted by atomic mass is 32.1. The predicted octanol–water partition coefficient (Wildman–Crippen LogP) is 20.3. The molecule has 4 aromatic rings. The van der Waals surface area contributed by atoms with Crippen molar-refractivity contribution in [1.29, 1.82) is 15.8 Å². The normalized spacial score (nSPS) is 21.6. The fourth-order valence-corrected chi connectivity index (χ4v) is 14.5. The molecule has 0 N–H and O–H groups in total. The Balaban J connectivity index is 0.00000164. The molecule has 8 rings (SSSR count). The number of unbranched alkanes of at least 4 members (excludes halogenated alkanes) is 6. The van der Waals surface area contributed by atoms with E-state index in [1.165, 1.54) is 62.5 Å². The average Bonchev–Trinajstić information content (AvgIpc) is 1.91. The van der Waals surface area contributed by atoms with Crippen molar-refractivity contribution in [3.05, 3.63) is 131 Å². The third kappa shape index (κ3) is 22.2. The standard InChI is InChI=1S/C41H61NO4.C31H35N3O.2CH4.3H2S.2H2/c1-29(2)11-10-12-30(3)36-19-20-37-35-18-15-32-27-34(21-23-40(32,4)38(35)22-24-41(36,37)5)46-39(43)45-26-9-7-6-8-25-44-33-16-13-31(28-42)14-17-33;1-2-3-20-34(31-18-12-28(25-33)13-19-31)21-23-35-22-6-4-5-7-26-8-14-29(15-9-26)30-16-10-27(24-32)11-17-30;;;;;;;/h13-17,29-30,34-38H,6-12,18-27H2,1-5H3;8-19H,2-7,20-23H2,1H3;2*1H4;3*1H2;2*1H/t30-,34+,35+,36-,37+,38+,40+,41-;;;;;;;;/m1......../s1/i;;;;;;;2*1+1. The molecule has 9 nitrogen and oxygen atoms in total. The van der Waals surface area contributed by atoms with Gasteiger partial charge in [-0.1, -0.05) is 137 Å². The number of nitriles is 3. The zero-order chi connectivity index (χ0) is 57.5. The van der Waals surface area contributed by atoms with Crippen molar-refractivity contribution in [3.63, 3.8) is 0 Å². The molecule has 8 atom stereocenters. The van der Waals surface area contributed by atoms with Crippen LogP contribution in [0.5, 0.6) is 5.75 Å². The third-order valence-corrected chi connectivity index (χ3v) is 19.2. The number of aryl methyl sites for hydroxylation is 1. The highest BCUT2D eigenvalue weighted by Gasteiger charge is 2.59. The topological polar surface area (TPSA) is 129 Å². The summed E-state index contributed by atoms with van der Waals surface area (Å²) in [6.45, 7) is 19.2. The zero-order valence-corrected chi connectivity index (χ0v) is 54.8. The first kappa shape index (κ1) is 77.1. The van der Waals surface area contributed by atoms with Gasteiger partial charge in [-0.15, -0.1) is 0 Å². The molecule has 0 saturated heterocycles. The predicted molar refractivity (Wildman–Crippen MR) is 376 cm³/mol. The van der Waals surface area contributed by atoms with Gasteiger partial charge in [-0.2, -0.15) is 56.3 Å². The summed E-state index contributed by atoms with van der Waals surface area (Å²) in [5.74, 6) is 5.83. The largest absolute Gasteiger partial charge is 0.508 e. The molecule has 4 aromatic carbocycles. The molecule has 4 aliphatic rings. The van der Waals surface area contributed by atoms with E-state index in [0.29, 0.717) is 35.3 Å². The molecule has 0 aromatic heterocycles. The zero-order valence-electron chi connectivity index (χ0n) is 51.8. The lowest BCUT2D eigenvalue weighted by Crippen LogP contribution is -2.51. The number of fused-ring (bicyclic) bond motifs is 5. The van der Waals surface area contributed by atoms with Crippen LogP contribution >= 0.6 is 40.5 Å². The minimum atomic E-state index is -0.500. The summed E-state index contributed by atoms with van der Waals surface area (Å²) in [4.78, 5) is 14.9. The van der Waals surface area contributed by atoms with Crippen molar-refractivity contribution < 1.29 is 26.6 Å². The van der Waals surface area contributed by atoms with E-state index < -0.39 is 6.16 Å². The van der Waals surface area contributed by atoms with Crippen LogP contribution in [0.15, 0.2) is 109 Å². The van der Waals surface area contributed by atoms with Crippen LogP contribution in [0.4, 0.5) is 10.5 Å². The van der Waals surface area contributed by atoms with Crippen LogP contribution < -0.4 is 9.64 Å². The number of carbonyl (C=O) groups is 1. The highest BCUT2D eigenvalue weighted by Crippen LogP contribution is 2.67. The Kier molecular flexibility index (Phi) is 35.6. The van der Waals surface area contributed by atoms with Crippen LogP contribution in [0.2, 0.25) is 0 Å². The summed E-state index contributed by atoms with van der Waals surface area (Å²) >= 11 is 0. The maximum absolute atomic E-state index is 12.6. The Hall–Kier alpha value is -5.03. The molecule has 478 valence electrons. The molecular formula is C74H114N4O5S3. The fraction of sp³-hybridized carbons (Fsp3) is 0.595. The number of benzene rings is 4. The van der Waals surface area contributed by atoms with Crippen LogP contribution in [-0.4, -0.2) is 51.8 Å². The van der Waals surface area contributed by atoms with Crippen molar-refractivity contribution in [2.45, 2.75) is 197 Å². The lowest BCUT2D eigenvalue weighted by Gasteiger charge is -2.58. The molecule has 3 saturated carbocycles. The van der Waals surface area contributed by atoms with Crippen molar-refractivity contribution >= 4 is 52.3 Å². The highest BCUT2D eigenvalue weighted by molar-refractivity contribution is 7.59. The van der Waals surface area contributed by atoms with Crippen molar-refractivity contribution in [2.75, 3.05) is 44.4 Å². The van der Waals surface area contributed by atoms with Gasteiger partial charge < -0.3 is 23.8 Å². The summed E-state index contributed by atoms with van der Waals surface area (Å²) in [6.07, 6.45) is 26.6. The smallest absolute Gasteiger partial charge is 0.494 e. The molecule has 0 aliphatic heterocycles. The fourth-order valence-electron chi connectivity index (χ4n) is 14.5. The van der Waals surface area contributed by atoms with Crippen LogP contribution in [0, 0.1) is 80.3 Å². The first-order valence-corrected chi connectivity index (χ1v) is 31.5. The van der Waals surface area contributed by atoms with Gasteiger partial charge >= 0.3 is 6.16 Å². The number of hydrogen-bond donors (Lipinski definition) is 0. The number of hydrogen-bond acceptors (Lipinski definition) is 9. The Morgan fingerprint density at radius 2 is 1.23 bits per heavy atom. The van der Waals surface area contributed by atoms with Gasteiger partial charge in [0.05, 0.1) is 54.7 Å². The summed E-state index contributed by atoms with van der Waals surface area (Å²) in [6, 6.07) is 38.0. The van der Waals surface area contributed by atoms with E-state index in [1.54, 1.807) is 17.7 Å². The molecule has 4 aliphatic carbocycles. The molecule has 3 fully saturated rings. The summed E-state index contributed by atoms with van der Waals surface area (Å²) in [5, 5.41) is 26.8. The second-order valence-electron chi connectivity index (χ2n) is 25.1. The molecular weight excluding hydrogens is 1120 g/mol. The van der Waals surface area contributed by atoms with Gasteiger partial charge in [-0.05, 0) is 220 Å². The summed E-state index contributed by atoms with van der Waals surface area (Å²) < 4.78 is 23.0. The number of ether oxygens (including phenoxy) is 4. The maximum atomic E-state index is 12.6. The van der Waals surface area contributed by atoms with Crippen molar-refractivity contribution in [2.24, 2.45) is 46.3 Å². The van der Waals surface area contributed by atoms with Crippen LogP contribution in [-0.2, 0) is 20.6 Å². The number of rotatable bonds is 28. The Labute approximate surface area is 545 Å². The van der Waals surface area contributed by atoms with E-state index in [-0.39, 0.29) is 69.7 Å². The molecule has 12 heteroatoms. The number of carbonyl (C=O) groups excluding carboxylic acids is 1. The Morgan fingerprint density at radius 1 is 0.640 bits per heavy atom. The number of nitrogens with zero attached hydrogens (tertiary/aromatic N) is 4. The van der Waals surface area contributed by atoms with E-state index >= 15 is 0 Å². The Bertz CT molecular complexity index is 2710. The molecule has 0 bridgehead atoms. The molecule has 0 spiro atoms. The number of allylic oxidation sites excluding steroid dienone is 1. The number of anilines is 1. The van der Waals surface area contributed by atoms with Gasteiger partial charge in [0.25, 0.3) is 0 Å². The van der Waals surface area contributed by atoms with Crippen molar-refractivity contribution in [3.8, 4) is 35.1 Å². The molecule has 0 amide bonds. The molecule has 0 unspecified atom stereocenters. The average molecular weight is 1240 g/mol. The summed E-state index contributed by atoms with van der Waals surface area (Å²) in [5.41, 5.74) is 9.20. The second kappa shape index (κ2) is 39.8. The summed E-state index contributed by atoms with van der Waals surface area (Å²) in [7, 11) is 0. The maximum Gasteiger partial charge on any atom is 0.508 e. The molecule has 0 heterocycles. The van der Waals surface area contributed by atoms with Gasteiger partial charge in [0, 0.05) is 34.7 Å². The minimum absolute atomic E-state index is 0. The van der Waals surface area contributed by atoms with Gasteiger partial charge in [0.1, 0.15) is 11.9 Å². The lowest BCUT2D eigenvalue weighted by atomic mass is 9.47. The van der Waals surface area contributed by atoms with E-state index in [0.717, 1.165) is 162 Å². The van der Waals surface area contributed by atoms with Crippen LogP contribution in [0.1, 0.15) is 210 Å². The van der Waals surface area contributed by atoms with Crippen LogP contribution in [0.25, 0.3) is 11.1 Å². The van der Waals surface area contributed by atoms with Crippen LogP contribution in [0.3, 0.4) is 0 Å². The molecule has 0 radical (unpaired) electrons. The van der Waals surface area contributed by atoms with Gasteiger partial charge in [0.2, 0.25) is 0 Å². The SMILES string of the molecule is C.C.CC(C)CCC[C@@H](C)[C@H]1CC[C@H]2[C@@H]3CC=C4C[C@@H](OC(=O)OCCCCCCOc5ccc(C#N)cc5)CC[C@]4(C)[C@H]3CC[C@]12C.CCCCN(CCOCCCCCc1ccc(-c2ccc(C#N)cc2)cc1)c1ccc(C#N)cc1.S.S.S.[2HH].[2HH]. The molecule has 86 heavy (non-hydrogen) atoms. The van der Waals surface area contributed by atoms with E-state index in [9.17, 15) is 4.79 Å². The Morgan fingerprint density at radius 3 is 1.86 bits per heavy atom. The van der Waals surface area contributed by atoms with Gasteiger partial charge in [0.15, 0.2) is 0 Å². The van der Waals surface area contributed by atoms with Gasteiger partial charge in [-0.25, -0.2) is 4.79 Å². The third-order valence-electron chi connectivity index (χ3n) is 19.2. The van der Waals surface area contributed by atoms with Crippen molar-refractivity contribution in [1.82, 2.24) is 0 Å².